The van der Waals surface area contributed by atoms with Crippen LogP contribution in [-0.2, 0) is 86.7 Å². The number of carbonyl (C=O) groups is 7. The molecule has 2 aromatic carbocycles. The van der Waals surface area contributed by atoms with Crippen molar-refractivity contribution < 1.29 is 76.6 Å². The van der Waals surface area contributed by atoms with Crippen molar-refractivity contribution in [2.45, 2.75) is 114 Å². The molecule has 0 fully saturated rings. The van der Waals surface area contributed by atoms with Gasteiger partial charge in [0, 0.05) is 87.3 Å². The highest BCUT2D eigenvalue weighted by molar-refractivity contribution is 9.10. The average molecular weight is 1140 g/mol. The summed E-state index contributed by atoms with van der Waals surface area (Å²) in [6.07, 6.45) is -1.44. The number of aryl methyl sites for hydroxylation is 4. The lowest BCUT2D eigenvalue weighted by atomic mass is 10.0. The summed E-state index contributed by atoms with van der Waals surface area (Å²) in [6, 6.07) is 6.88. The molecule has 0 unspecified atom stereocenters. The van der Waals surface area contributed by atoms with Gasteiger partial charge in [0.2, 0.25) is 0 Å². The molecule has 0 radical (unpaired) electrons. The number of aromatic nitrogens is 6. The number of alkyl halides is 2. The third-order valence-corrected chi connectivity index (χ3v) is 10.3. The van der Waals surface area contributed by atoms with Gasteiger partial charge >= 0.3 is 36.5 Å². The van der Waals surface area contributed by atoms with E-state index in [1.54, 1.807) is 40.1 Å². The maximum atomic E-state index is 13.0. The molecule has 0 aliphatic heterocycles. The molecule has 0 atom stereocenters. The van der Waals surface area contributed by atoms with E-state index in [-0.39, 0.29) is 67.8 Å². The molecule has 0 saturated heterocycles. The van der Waals surface area contributed by atoms with Gasteiger partial charge in [-0.25, -0.2) is 14.4 Å². The number of hydrogen-bond donors (Lipinski definition) is 0. The highest BCUT2D eigenvalue weighted by atomic mass is 79.9. The highest BCUT2D eigenvalue weighted by Crippen LogP contribution is 2.25. The van der Waals surface area contributed by atoms with Crippen LogP contribution in [0.3, 0.4) is 0 Å². The number of rotatable bonds is 28. The first-order valence-corrected chi connectivity index (χ1v) is 23.5. The molecule has 0 aliphatic rings. The van der Waals surface area contributed by atoms with Gasteiger partial charge in [0.05, 0.1) is 52.2 Å². The van der Waals surface area contributed by atoms with E-state index in [1.807, 2.05) is 0 Å². The summed E-state index contributed by atoms with van der Waals surface area (Å²) < 4.78 is 36.1. The fraction of sp³-hybridized carbons (Fsp3) is 0.477. The number of halogens is 2. The number of nitrogens with zero attached hydrogens (tertiary/aromatic N) is 8. The Morgan fingerprint density at radius 2 is 1.04 bits per heavy atom. The minimum atomic E-state index is -2.42. The summed E-state index contributed by atoms with van der Waals surface area (Å²) in [7, 11) is 0. The molecule has 0 bridgehead atoms. The Morgan fingerprint density at radius 1 is 0.639 bits per heavy atom. The molecule has 2 heterocycles. The van der Waals surface area contributed by atoms with Gasteiger partial charge in [0.1, 0.15) is 21.9 Å². The van der Waals surface area contributed by atoms with Crippen LogP contribution in [0.1, 0.15) is 104 Å². The molecule has 72 heavy (non-hydrogen) atoms. The number of esters is 3. The van der Waals surface area contributed by atoms with E-state index in [1.165, 1.54) is 40.6 Å². The minimum absolute atomic E-state index is 0.0269. The van der Waals surface area contributed by atoms with Gasteiger partial charge in [-0.3, -0.25) is 48.8 Å². The van der Waals surface area contributed by atoms with E-state index in [9.17, 15) is 53.8 Å². The topological polar surface area (TPSA) is 332 Å². The normalized spacial score (nSPS) is 11.3. The Balaban J connectivity index is 1.26. The van der Waals surface area contributed by atoms with Crippen LogP contribution in [0.5, 0.6) is 0 Å². The highest BCUT2D eigenvalue weighted by Gasteiger charge is 2.32. The van der Waals surface area contributed by atoms with E-state index in [0.29, 0.717) is 37.3 Å². The van der Waals surface area contributed by atoms with Crippen molar-refractivity contribution in [2.75, 3.05) is 19.8 Å². The first-order chi connectivity index (χ1) is 33.9. The zero-order valence-corrected chi connectivity index (χ0v) is 42.7. The SMILES string of the molecule is CCOC(=O)C(OC(=O)OCc1ccc(C(=O)CCc2cn(CCCOC(=O)C(C)(C)Br)nn2)cc1[N+](=O)[O-])OC(=O)OCc1ccc(C(=O)CCc2cn(CCCOC(=O)C(C)(C)Br)nn2)cc1[N+](=O)[O-]. The molecule has 0 saturated carbocycles. The second-order valence-corrected chi connectivity index (χ2v) is 20.3. The van der Waals surface area contributed by atoms with Gasteiger partial charge in [0.25, 0.3) is 11.4 Å². The fourth-order valence-corrected chi connectivity index (χ4v) is 6.16. The van der Waals surface area contributed by atoms with Crippen LogP contribution in [0.15, 0.2) is 48.8 Å². The third kappa shape index (κ3) is 18.5. The smallest absolute Gasteiger partial charge is 0.465 e. The summed E-state index contributed by atoms with van der Waals surface area (Å²) in [4.78, 5) is 110. The molecule has 388 valence electrons. The van der Waals surface area contributed by atoms with E-state index < -0.39 is 91.2 Å². The summed E-state index contributed by atoms with van der Waals surface area (Å²) in [5, 5.41) is 40.0. The Labute approximate surface area is 426 Å². The van der Waals surface area contributed by atoms with Crippen LogP contribution < -0.4 is 0 Å². The number of hydrogen-bond acceptors (Lipinski definition) is 22. The minimum Gasteiger partial charge on any atom is -0.465 e. The first-order valence-electron chi connectivity index (χ1n) is 21.9. The van der Waals surface area contributed by atoms with Crippen molar-refractivity contribution in [1.29, 1.82) is 0 Å². The first kappa shape index (κ1) is 57.3. The van der Waals surface area contributed by atoms with Gasteiger partial charge in [0.15, 0.2) is 11.6 Å². The van der Waals surface area contributed by atoms with Crippen LogP contribution in [0.2, 0.25) is 0 Å². The lowest BCUT2D eigenvalue weighted by Gasteiger charge is -2.16. The van der Waals surface area contributed by atoms with Gasteiger partial charge in [-0.2, -0.15) is 0 Å². The molecule has 4 aromatic rings. The summed E-state index contributed by atoms with van der Waals surface area (Å²) in [6.45, 7) is 7.26. The fourth-order valence-electron chi connectivity index (χ4n) is 5.93. The van der Waals surface area contributed by atoms with Crippen molar-refractivity contribution in [3.05, 3.63) is 103 Å². The molecule has 26 nitrogen and oxygen atoms in total. The zero-order valence-electron chi connectivity index (χ0n) is 39.6. The molecular weight excluding hydrogens is 1090 g/mol. The summed E-state index contributed by atoms with van der Waals surface area (Å²) in [5.74, 6) is -3.16. The molecule has 0 N–H and O–H groups in total. The largest absolute Gasteiger partial charge is 0.512 e. The Kier molecular flexibility index (Phi) is 21.4. The van der Waals surface area contributed by atoms with Crippen LogP contribution in [0.25, 0.3) is 0 Å². The van der Waals surface area contributed by atoms with E-state index >= 15 is 0 Å². The number of ketones is 2. The molecule has 28 heteroatoms. The molecule has 0 aliphatic carbocycles. The zero-order chi connectivity index (χ0) is 53.2. The monoisotopic (exact) mass is 1140 g/mol. The number of ether oxygens (including phenoxy) is 7. The molecular formula is C44H50Br2N8O18. The van der Waals surface area contributed by atoms with Crippen molar-refractivity contribution in [1.82, 2.24) is 30.0 Å². The van der Waals surface area contributed by atoms with E-state index in [2.05, 4.69) is 52.5 Å². The van der Waals surface area contributed by atoms with E-state index in [4.69, 9.17) is 33.2 Å². The summed E-state index contributed by atoms with van der Waals surface area (Å²) >= 11 is 6.45. The number of Topliss-reactive ketones (excluding diaryl/α,β-unsaturated/α-hetero) is 2. The maximum Gasteiger partial charge on any atom is 0.512 e. The Morgan fingerprint density at radius 3 is 1.40 bits per heavy atom. The standard InChI is InChI=1S/C44H50Br2N8O18/c1-6-66-37(57)38(71-41(60)69-25-29-11-9-27(21-33(29)53(62)63)35(55)15-13-31-23-51(49-47-31)17-7-19-67-39(58)43(2,3)45)72-42(61)70-26-30-12-10-28(22-34(30)54(64)65)36(56)16-14-32-24-52(50-48-32)18-8-20-68-40(59)44(4,5)46/h9-12,21-24,38H,6-8,13-20,25-26H2,1-5H3. The van der Waals surface area contributed by atoms with Crippen LogP contribution >= 0.6 is 31.9 Å². The Bertz CT molecular complexity index is 2460. The Hall–Kier alpha value is -7.23. The second-order valence-electron chi connectivity index (χ2n) is 16.3. The second kappa shape index (κ2) is 26.8. The quantitative estimate of drug-likeness (QED) is 0.00864. The van der Waals surface area contributed by atoms with Crippen LogP contribution in [0.4, 0.5) is 21.0 Å². The molecule has 0 amide bonds. The number of carbonyl (C=O) groups excluding carboxylic acids is 7. The number of benzene rings is 2. The number of nitro groups is 2. The third-order valence-electron chi connectivity index (χ3n) is 9.67. The van der Waals surface area contributed by atoms with Crippen molar-refractivity contribution >= 4 is 85.0 Å². The molecule has 0 spiro atoms. The molecule has 2 aromatic heterocycles. The predicted molar refractivity (Wildman–Crippen MR) is 252 cm³/mol. The predicted octanol–water partition coefficient (Wildman–Crippen LogP) is 6.43. The average Bonchev–Trinajstić information content (AvgIpc) is 3.99. The number of nitro benzene ring substituents is 2. The van der Waals surface area contributed by atoms with Gasteiger partial charge < -0.3 is 33.2 Å². The molecule has 4 rings (SSSR count). The van der Waals surface area contributed by atoms with Crippen molar-refractivity contribution in [3.8, 4) is 0 Å². The van der Waals surface area contributed by atoms with Gasteiger partial charge in [-0.05, 0) is 46.8 Å². The lowest BCUT2D eigenvalue weighted by molar-refractivity contribution is -0.386. The van der Waals surface area contributed by atoms with Gasteiger partial charge in [-0.15, -0.1) is 10.2 Å². The van der Waals surface area contributed by atoms with Crippen molar-refractivity contribution in [3.63, 3.8) is 0 Å². The van der Waals surface area contributed by atoms with Crippen LogP contribution in [0, 0.1) is 20.2 Å². The van der Waals surface area contributed by atoms with E-state index in [0.717, 1.165) is 12.1 Å². The van der Waals surface area contributed by atoms with Crippen molar-refractivity contribution in [2.24, 2.45) is 0 Å². The lowest BCUT2D eigenvalue weighted by Crippen LogP contribution is -2.34. The maximum absolute atomic E-state index is 13.0. The van der Waals surface area contributed by atoms with Crippen LogP contribution in [-0.4, -0.2) is 116 Å². The van der Waals surface area contributed by atoms with Gasteiger partial charge in [-0.1, -0.05) is 54.4 Å². The summed E-state index contributed by atoms with van der Waals surface area (Å²) in [5.41, 5.74) is -0.662.